The average molecular weight is 402 g/mol. The molecule has 3 N–H and O–H groups in total. The largest absolute Gasteiger partial charge is 0.443 e. The number of fused-ring (bicyclic) bond motifs is 1. The van der Waals surface area contributed by atoms with Crippen molar-refractivity contribution < 1.29 is 23.5 Å². The fourth-order valence-electron chi connectivity index (χ4n) is 2.91. The van der Waals surface area contributed by atoms with Crippen LogP contribution in [0.2, 0.25) is 0 Å². The van der Waals surface area contributed by atoms with Crippen LogP contribution in [0.1, 0.15) is 41.5 Å². The summed E-state index contributed by atoms with van der Waals surface area (Å²) in [5.41, 5.74) is 4.22. The van der Waals surface area contributed by atoms with Crippen molar-refractivity contribution >= 4 is 29.4 Å². The summed E-state index contributed by atoms with van der Waals surface area (Å²) in [6, 6.07) is 4.31. The number of nitrogen functional groups attached to an aromatic ring is 1. The van der Waals surface area contributed by atoms with E-state index in [1.807, 2.05) is 0 Å². The maximum absolute atomic E-state index is 14.0. The van der Waals surface area contributed by atoms with E-state index in [0.29, 0.717) is 0 Å². The highest BCUT2D eigenvalue weighted by Gasteiger charge is 2.33. The van der Waals surface area contributed by atoms with Crippen molar-refractivity contribution in [2.24, 2.45) is 0 Å². The van der Waals surface area contributed by atoms with Crippen molar-refractivity contribution in [1.29, 1.82) is 0 Å². The van der Waals surface area contributed by atoms with Gasteiger partial charge < -0.3 is 10.5 Å². The molecule has 1 aliphatic rings. The second kappa shape index (κ2) is 6.73. The van der Waals surface area contributed by atoms with E-state index in [9.17, 15) is 23.6 Å². The topological polar surface area (TPSA) is 124 Å². The molecule has 0 saturated heterocycles. The maximum Gasteiger partial charge on any atom is 0.414 e. The Morgan fingerprint density at radius 1 is 1.17 bits per heavy atom. The Hall–Kier alpha value is -3.69. The number of carbonyl (C=O) groups is 3. The quantitative estimate of drug-likeness (QED) is 0.739. The number of anilines is 2. The highest BCUT2D eigenvalue weighted by atomic mass is 19.1. The van der Waals surface area contributed by atoms with Crippen molar-refractivity contribution in [2.75, 3.05) is 17.7 Å². The Morgan fingerprint density at radius 3 is 2.45 bits per heavy atom. The third kappa shape index (κ3) is 3.56. The molecule has 0 fully saturated rings. The monoisotopic (exact) mass is 402 g/mol. The zero-order valence-corrected chi connectivity index (χ0v) is 16.2. The van der Waals surface area contributed by atoms with Gasteiger partial charge in [-0.3, -0.25) is 29.2 Å². The molecule has 0 spiro atoms. The van der Waals surface area contributed by atoms with Crippen LogP contribution in [0.5, 0.6) is 0 Å². The van der Waals surface area contributed by atoms with E-state index < -0.39 is 34.9 Å². The van der Waals surface area contributed by atoms with Crippen LogP contribution >= 0.6 is 0 Å². The van der Waals surface area contributed by atoms with Crippen molar-refractivity contribution in [3.63, 3.8) is 0 Å². The van der Waals surface area contributed by atoms with Gasteiger partial charge in [0.05, 0.1) is 22.5 Å². The molecule has 3 rings (SSSR count). The molecule has 0 saturated carbocycles. The molecule has 152 valence electrons. The first-order chi connectivity index (χ1) is 13.4. The van der Waals surface area contributed by atoms with E-state index in [-0.39, 0.29) is 28.3 Å². The minimum atomic E-state index is -0.805. The predicted octanol–water partition coefficient (Wildman–Crippen LogP) is 1.81. The summed E-state index contributed by atoms with van der Waals surface area (Å²) in [6.45, 7) is 5.01. The van der Waals surface area contributed by atoms with Gasteiger partial charge in [-0.15, -0.1) is 0 Å². The number of hydrogen-bond donors (Lipinski definition) is 2. The van der Waals surface area contributed by atoms with Gasteiger partial charge in [-0.25, -0.2) is 9.18 Å². The first-order valence-corrected chi connectivity index (χ1v) is 8.58. The number of aromatic nitrogens is 1. The number of pyridine rings is 1. The molecule has 3 amide bonds. The molecule has 0 bridgehead atoms. The van der Waals surface area contributed by atoms with Gasteiger partial charge in [-0.2, -0.15) is 0 Å². The summed E-state index contributed by atoms with van der Waals surface area (Å²) in [4.78, 5) is 50.0. The van der Waals surface area contributed by atoms with E-state index in [1.54, 1.807) is 20.8 Å². The minimum Gasteiger partial charge on any atom is -0.443 e. The molecule has 0 unspecified atom stereocenters. The zero-order valence-electron chi connectivity index (χ0n) is 16.2. The molecule has 29 heavy (non-hydrogen) atoms. The lowest BCUT2D eigenvalue weighted by molar-refractivity contribution is 0.0588. The van der Waals surface area contributed by atoms with Crippen LogP contribution in [0.25, 0.3) is 5.69 Å². The normalized spacial score (nSPS) is 13.1. The highest BCUT2D eigenvalue weighted by molar-refractivity contribution is 6.23. The number of nitrogens with two attached hydrogens (primary N) is 1. The van der Waals surface area contributed by atoms with Gasteiger partial charge in [-0.1, -0.05) is 0 Å². The zero-order chi connectivity index (χ0) is 21.7. The summed E-state index contributed by atoms with van der Waals surface area (Å²) in [5.74, 6) is -2.45. The second-order valence-electron chi connectivity index (χ2n) is 7.45. The first kappa shape index (κ1) is 20.1. The number of amides is 3. The number of halogens is 1. The summed E-state index contributed by atoms with van der Waals surface area (Å²) < 4.78 is 20.2. The van der Waals surface area contributed by atoms with E-state index >= 15 is 0 Å². The standard InChI is InChI=1S/C19H19FN4O5/c1-19(2,3)29-18(28)23(4)12-7-9(20)5-6-11(12)24-13(25)8-10-14(15(24)21)17(27)22-16(10)26/h5-8H,21H2,1-4H3,(H,22,26,27). The number of hydrogen-bond acceptors (Lipinski definition) is 6. The smallest absolute Gasteiger partial charge is 0.414 e. The van der Waals surface area contributed by atoms with Gasteiger partial charge in [-0.05, 0) is 39.0 Å². The van der Waals surface area contributed by atoms with E-state index in [0.717, 1.165) is 27.7 Å². The Kier molecular flexibility index (Phi) is 4.65. The molecule has 2 heterocycles. The molecule has 0 aliphatic carbocycles. The van der Waals surface area contributed by atoms with Crippen molar-refractivity contribution in [3.8, 4) is 5.69 Å². The Labute approximate surface area is 164 Å². The van der Waals surface area contributed by atoms with Crippen LogP contribution in [-0.2, 0) is 4.74 Å². The van der Waals surface area contributed by atoms with E-state index in [4.69, 9.17) is 10.5 Å². The van der Waals surface area contributed by atoms with Gasteiger partial charge in [0.25, 0.3) is 17.4 Å². The van der Waals surface area contributed by atoms with Crippen molar-refractivity contribution in [2.45, 2.75) is 26.4 Å². The number of imide groups is 1. The number of nitrogens with one attached hydrogen (secondary N) is 1. The fourth-order valence-corrected chi connectivity index (χ4v) is 2.91. The Balaban J connectivity index is 2.21. The van der Waals surface area contributed by atoms with E-state index in [2.05, 4.69) is 5.32 Å². The number of benzene rings is 1. The lowest BCUT2D eigenvalue weighted by atomic mass is 10.1. The van der Waals surface area contributed by atoms with Gasteiger partial charge in [0, 0.05) is 13.1 Å². The lowest BCUT2D eigenvalue weighted by Crippen LogP contribution is -2.35. The van der Waals surface area contributed by atoms with Crippen molar-refractivity contribution in [3.05, 3.63) is 51.6 Å². The van der Waals surface area contributed by atoms with Crippen molar-refractivity contribution in [1.82, 2.24) is 9.88 Å². The molecule has 1 aromatic heterocycles. The van der Waals surface area contributed by atoms with Crippen LogP contribution in [0.15, 0.2) is 29.1 Å². The average Bonchev–Trinajstić information content (AvgIpc) is 2.87. The molecule has 10 heteroatoms. The molecular formula is C19H19FN4O5. The van der Waals surface area contributed by atoms with Crippen LogP contribution in [0.4, 0.5) is 20.7 Å². The maximum atomic E-state index is 14.0. The summed E-state index contributed by atoms with van der Waals surface area (Å²) in [7, 11) is 1.34. The summed E-state index contributed by atoms with van der Waals surface area (Å²) in [5, 5.41) is 2.06. The minimum absolute atomic E-state index is 0.0160. The Morgan fingerprint density at radius 2 is 1.83 bits per heavy atom. The van der Waals surface area contributed by atoms with Crippen LogP contribution in [-0.4, -0.2) is 35.1 Å². The molecular weight excluding hydrogens is 383 g/mol. The van der Waals surface area contributed by atoms with Gasteiger partial charge in [0.2, 0.25) is 0 Å². The lowest BCUT2D eigenvalue weighted by Gasteiger charge is -2.26. The van der Waals surface area contributed by atoms with Gasteiger partial charge in [0.1, 0.15) is 17.2 Å². The number of nitrogens with zero attached hydrogens (tertiary/aromatic N) is 2. The van der Waals surface area contributed by atoms with Gasteiger partial charge in [0.15, 0.2) is 0 Å². The Bertz CT molecular complexity index is 1120. The SMILES string of the molecule is CN(C(=O)OC(C)(C)C)c1cc(F)ccc1-n1c(N)c2c(cc1=O)C(=O)NC2=O. The molecule has 1 aliphatic heterocycles. The molecule has 9 nitrogen and oxygen atoms in total. The van der Waals surface area contributed by atoms with Gasteiger partial charge >= 0.3 is 6.09 Å². The number of carbonyl (C=O) groups excluding carboxylic acids is 3. The second-order valence-corrected chi connectivity index (χ2v) is 7.45. The first-order valence-electron chi connectivity index (χ1n) is 8.58. The molecule has 2 aromatic rings. The van der Waals surface area contributed by atoms with Crippen LogP contribution in [0, 0.1) is 5.82 Å². The third-order valence-corrected chi connectivity index (χ3v) is 4.16. The predicted molar refractivity (Wildman–Crippen MR) is 103 cm³/mol. The third-order valence-electron chi connectivity index (χ3n) is 4.16. The summed E-state index contributed by atoms with van der Waals surface area (Å²) >= 11 is 0. The molecule has 0 atom stereocenters. The fraction of sp³-hybridized carbons (Fsp3) is 0.263. The number of ether oxygens (including phenoxy) is 1. The summed E-state index contributed by atoms with van der Waals surface area (Å²) in [6.07, 6.45) is -0.787. The van der Waals surface area contributed by atoms with E-state index in [1.165, 1.54) is 13.1 Å². The van der Waals surface area contributed by atoms with Crippen LogP contribution in [0.3, 0.4) is 0 Å². The van der Waals surface area contributed by atoms with Crippen LogP contribution < -0.4 is 21.5 Å². The highest BCUT2D eigenvalue weighted by Crippen LogP contribution is 2.29. The number of rotatable bonds is 2. The molecule has 1 aromatic carbocycles. The molecule has 0 radical (unpaired) electrons.